The standard InChI is InChI=1S/C14H15ClFN3O/c1-8-4-5-12(16)13(6-8)18-14(20)10(3)19-9(2)11(15)7-17-19/h4-7,10H,1-3H3,(H,18,20). The molecule has 2 rings (SSSR count). The maximum absolute atomic E-state index is 13.6. The molecule has 1 amide bonds. The van der Waals surface area contributed by atoms with Gasteiger partial charge in [-0.2, -0.15) is 5.10 Å². The Labute approximate surface area is 121 Å². The Morgan fingerprint density at radius 1 is 1.45 bits per heavy atom. The molecule has 1 atom stereocenters. The van der Waals surface area contributed by atoms with E-state index in [1.165, 1.54) is 16.9 Å². The van der Waals surface area contributed by atoms with Crippen molar-refractivity contribution >= 4 is 23.2 Å². The Hall–Kier alpha value is -1.88. The van der Waals surface area contributed by atoms with Crippen molar-refractivity contribution in [2.75, 3.05) is 5.32 Å². The molecule has 2 aromatic rings. The summed E-state index contributed by atoms with van der Waals surface area (Å²) in [6.45, 7) is 5.28. The molecule has 106 valence electrons. The minimum absolute atomic E-state index is 0.165. The number of amides is 1. The van der Waals surface area contributed by atoms with E-state index in [2.05, 4.69) is 10.4 Å². The largest absolute Gasteiger partial charge is 0.322 e. The van der Waals surface area contributed by atoms with Crippen LogP contribution in [0.1, 0.15) is 24.2 Å². The molecule has 0 radical (unpaired) electrons. The predicted molar refractivity (Wildman–Crippen MR) is 76.5 cm³/mol. The summed E-state index contributed by atoms with van der Waals surface area (Å²) < 4.78 is 15.1. The highest BCUT2D eigenvalue weighted by atomic mass is 35.5. The zero-order valence-corrected chi connectivity index (χ0v) is 12.2. The summed E-state index contributed by atoms with van der Waals surface area (Å²) >= 11 is 5.91. The van der Waals surface area contributed by atoms with Crippen LogP contribution in [0.25, 0.3) is 0 Å². The van der Waals surface area contributed by atoms with Crippen LogP contribution in [0.15, 0.2) is 24.4 Å². The molecule has 0 aliphatic rings. The highest BCUT2D eigenvalue weighted by molar-refractivity contribution is 6.31. The molecular weight excluding hydrogens is 281 g/mol. The van der Waals surface area contributed by atoms with Crippen molar-refractivity contribution in [3.63, 3.8) is 0 Å². The number of rotatable bonds is 3. The number of aromatic nitrogens is 2. The highest BCUT2D eigenvalue weighted by Crippen LogP contribution is 2.20. The van der Waals surface area contributed by atoms with Crippen LogP contribution in [-0.4, -0.2) is 15.7 Å². The van der Waals surface area contributed by atoms with Crippen LogP contribution in [0.3, 0.4) is 0 Å². The van der Waals surface area contributed by atoms with Crippen molar-refractivity contribution in [3.05, 3.63) is 46.5 Å². The zero-order chi connectivity index (χ0) is 14.9. The number of hydrogen-bond acceptors (Lipinski definition) is 2. The van der Waals surface area contributed by atoms with Gasteiger partial charge in [-0.15, -0.1) is 0 Å². The summed E-state index contributed by atoms with van der Waals surface area (Å²) in [5.41, 5.74) is 1.73. The molecule has 1 aromatic carbocycles. The summed E-state index contributed by atoms with van der Waals surface area (Å²) in [6.07, 6.45) is 1.48. The van der Waals surface area contributed by atoms with Gasteiger partial charge in [-0.3, -0.25) is 9.48 Å². The topological polar surface area (TPSA) is 46.9 Å². The average Bonchev–Trinajstić information content (AvgIpc) is 2.73. The van der Waals surface area contributed by atoms with Crippen LogP contribution < -0.4 is 5.32 Å². The van der Waals surface area contributed by atoms with Crippen molar-refractivity contribution in [1.82, 2.24) is 9.78 Å². The van der Waals surface area contributed by atoms with Crippen molar-refractivity contribution in [3.8, 4) is 0 Å². The number of nitrogens with one attached hydrogen (secondary N) is 1. The molecule has 1 heterocycles. The summed E-state index contributed by atoms with van der Waals surface area (Å²) in [5.74, 6) is -0.816. The fourth-order valence-electron chi connectivity index (χ4n) is 1.88. The van der Waals surface area contributed by atoms with Gasteiger partial charge in [0.1, 0.15) is 11.9 Å². The average molecular weight is 296 g/mol. The summed E-state index contributed by atoms with van der Waals surface area (Å²) in [7, 11) is 0. The van der Waals surface area contributed by atoms with Crippen molar-refractivity contribution in [2.24, 2.45) is 0 Å². The van der Waals surface area contributed by atoms with E-state index < -0.39 is 11.9 Å². The Kier molecular flexibility index (Phi) is 4.09. The number of anilines is 1. The van der Waals surface area contributed by atoms with Gasteiger partial charge in [0.05, 0.1) is 22.6 Å². The molecular formula is C14H15ClFN3O. The van der Waals surface area contributed by atoms with Crippen LogP contribution in [0.4, 0.5) is 10.1 Å². The van der Waals surface area contributed by atoms with E-state index in [-0.39, 0.29) is 11.6 Å². The lowest BCUT2D eigenvalue weighted by Gasteiger charge is -2.15. The Morgan fingerprint density at radius 3 is 2.75 bits per heavy atom. The number of aryl methyl sites for hydroxylation is 1. The molecule has 1 unspecified atom stereocenters. The van der Waals surface area contributed by atoms with Crippen molar-refractivity contribution in [2.45, 2.75) is 26.8 Å². The molecule has 0 bridgehead atoms. The van der Waals surface area contributed by atoms with Crippen LogP contribution in [0.5, 0.6) is 0 Å². The van der Waals surface area contributed by atoms with E-state index in [4.69, 9.17) is 11.6 Å². The zero-order valence-electron chi connectivity index (χ0n) is 11.4. The first-order chi connectivity index (χ1) is 9.40. The van der Waals surface area contributed by atoms with Crippen LogP contribution >= 0.6 is 11.6 Å². The van der Waals surface area contributed by atoms with E-state index in [0.717, 1.165) is 5.56 Å². The second-order valence-corrected chi connectivity index (χ2v) is 5.08. The van der Waals surface area contributed by atoms with Gasteiger partial charge in [-0.1, -0.05) is 17.7 Å². The predicted octanol–water partition coefficient (Wildman–Crippen LogP) is 3.49. The third-order valence-electron chi connectivity index (χ3n) is 3.11. The van der Waals surface area contributed by atoms with E-state index in [1.54, 1.807) is 26.0 Å². The van der Waals surface area contributed by atoms with Gasteiger partial charge in [-0.25, -0.2) is 4.39 Å². The van der Waals surface area contributed by atoms with Crippen LogP contribution in [0, 0.1) is 19.7 Å². The molecule has 0 fully saturated rings. The molecule has 1 N–H and O–H groups in total. The van der Waals surface area contributed by atoms with Crippen LogP contribution in [0.2, 0.25) is 5.02 Å². The molecule has 0 aliphatic carbocycles. The SMILES string of the molecule is Cc1ccc(F)c(NC(=O)C(C)n2ncc(Cl)c2C)c1. The number of nitrogens with zero attached hydrogens (tertiary/aromatic N) is 2. The third-order valence-corrected chi connectivity index (χ3v) is 3.48. The van der Waals surface area contributed by atoms with Gasteiger partial charge >= 0.3 is 0 Å². The molecule has 1 aromatic heterocycles. The van der Waals surface area contributed by atoms with Crippen LogP contribution in [-0.2, 0) is 4.79 Å². The minimum Gasteiger partial charge on any atom is -0.322 e. The Balaban J connectivity index is 2.20. The van der Waals surface area contributed by atoms with Crippen molar-refractivity contribution in [1.29, 1.82) is 0 Å². The smallest absolute Gasteiger partial charge is 0.249 e. The van der Waals surface area contributed by atoms with Gasteiger partial charge in [0.2, 0.25) is 5.91 Å². The third kappa shape index (κ3) is 2.82. The lowest BCUT2D eigenvalue weighted by Crippen LogP contribution is -2.25. The molecule has 0 aliphatic heterocycles. The van der Waals surface area contributed by atoms with E-state index >= 15 is 0 Å². The molecule has 20 heavy (non-hydrogen) atoms. The highest BCUT2D eigenvalue weighted by Gasteiger charge is 2.19. The van der Waals surface area contributed by atoms with Gasteiger partial charge < -0.3 is 5.32 Å². The Bertz CT molecular complexity index is 654. The van der Waals surface area contributed by atoms with E-state index in [9.17, 15) is 9.18 Å². The normalized spacial score (nSPS) is 12.2. The van der Waals surface area contributed by atoms with Gasteiger partial charge in [0.15, 0.2) is 0 Å². The maximum Gasteiger partial charge on any atom is 0.249 e. The minimum atomic E-state index is -0.581. The summed E-state index contributed by atoms with van der Waals surface area (Å²) in [5, 5.41) is 7.11. The molecule has 0 spiro atoms. The van der Waals surface area contributed by atoms with Gasteiger partial charge in [0.25, 0.3) is 0 Å². The monoisotopic (exact) mass is 295 g/mol. The maximum atomic E-state index is 13.6. The molecule has 0 saturated heterocycles. The first-order valence-corrected chi connectivity index (χ1v) is 6.54. The Morgan fingerprint density at radius 2 is 2.15 bits per heavy atom. The molecule has 6 heteroatoms. The van der Waals surface area contributed by atoms with Gasteiger partial charge in [-0.05, 0) is 38.5 Å². The fourth-order valence-corrected chi connectivity index (χ4v) is 2.01. The van der Waals surface area contributed by atoms with E-state index in [1.807, 2.05) is 6.92 Å². The van der Waals surface area contributed by atoms with E-state index in [0.29, 0.717) is 10.7 Å². The first-order valence-electron chi connectivity index (χ1n) is 6.16. The number of carbonyl (C=O) groups is 1. The second-order valence-electron chi connectivity index (χ2n) is 4.67. The molecule has 0 saturated carbocycles. The van der Waals surface area contributed by atoms with Crippen molar-refractivity contribution < 1.29 is 9.18 Å². The van der Waals surface area contributed by atoms with Gasteiger partial charge in [0, 0.05) is 0 Å². The second kappa shape index (κ2) is 5.63. The summed E-state index contributed by atoms with van der Waals surface area (Å²) in [4.78, 5) is 12.2. The number of hydrogen-bond donors (Lipinski definition) is 1. The fraction of sp³-hybridized carbons (Fsp3) is 0.286. The number of carbonyl (C=O) groups excluding carboxylic acids is 1. The lowest BCUT2D eigenvalue weighted by atomic mass is 10.2. The molecule has 4 nitrogen and oxygen atoms in total. The quantitative estimate of drug-likeness (QED) is 0.942. The summed E-state index contributed by atoms with van der Waals surface area (Å²) in [6, 6.07) is 3.97. The lowest BCUT2D eigenvalue weighted by molar-refractivity contribution is -0.119. The first kappa shape index (κ1) is 14.5. The number of halogens is 2. The number of benzene rings is 1.